The largest absolute Gasteiger partial charge is 0.480 e. The van der Waals surface area contributed by atoms with Crippen LogP contribution in [0.3, 0.4) is 0 Å². The van der Waals surface area contributed by atoms with Crippen LogP contribution in [0, 0.1) is 0 Å². The highest BCUT2D eigenvalue weighted by Crippen LogP contribution is 2.27. The normalized spacial score (nSPS) is 26.1. The molecule has 1 aliphatic heterocycles. The minimum absolute atomic E-state index is 0. The number of nitrogens with zero attached hydrogens (tertiary/aromatic N) is 1. The van der Waals surface area contributed by atoms with Crippen LogP contribution < -0.4 is 16.6 Å². The molecule has 1 saturated heterocycles. The summed E-state index contributed by atoms with van der Waals surface area (Å²) in [5.41, 5.74) is -1.54. The van der Waals surface area contributed by atoms with Crippen molar-refractivity contribution >= 4 is 18.4 Å². The van der Waals surface area contributed by atoms with E-state index in [0.29, 0.717) is 0 Å². The second-order valence-electron chi connectivity index (χ2n) is 5.05. The predicted molar refractivity (Wildman–Crippen MR) is 80.9 cm³/mol. The number of carboxylic acid groups (broad SMARTS) is 1. The van der Waals surface area contributed by atoms with Crippen molar-refractivity contribution in [2.24, 2.45) is 0 Å². The number of rotatable bonds is 6. The van der Waals surface area contributed by atoms with E-state index in [0.717, 1.165) is 10.8 Å². The molecule has 0 aliphatic carbocycles. The van der Waals surface area contributed by atoms with E-state index in [1.54, 1.807) is 0 Å². The Bertz CT molecular complexity index is 690. The van der Waals surface area contributed by atoms with E-state index in [1.807, 2.05) is 4.98 Å². The van der Waals surface area contributed by atoms with Gasteiger partial charge in [0.15, 0.2) is 6.23 Å². The van der Waals surface area contributed by atoms with Crippen LogP contribution >= 0.6 is 12.4 Å². The molecule has 0 bridgehead atoms. The van der Waals surface area contributed by atoms with E-state index in [9.17, 15) is 24.6 Å². The summed E-state index contributed by atoms with van der Waals surface area (Å²) in [6.07, 6.45) is -4.11. The van der Waals surface area contributed by atoms with E-state index >= 15 is 0 Å². The molecule has 1 aliphatic rings. The van der Waals surface area contributed by atoms with Gasteiger partial charge >= 0.3 is 11.7 Å². The number of aliphatic hydroxyl groups excluding tert-OH is 3. The number of aliphatic carboxylic acids is 1. The fourth-order valence-electron chi connectivity index (χ4n) is 2.26. The third kappa shape index (κ3) is 4.20. The van der Waals surface area contributed by atoms with Gasteiger partial charge in [-0.1, -0.05) is 0 Å². The van der Waals surface area contributed by atoms with Crippen molar-refractivity contribution in [2.45, 2.75) is 31.1 Å². The lowest BCUT2D eigenvalue weighted by molar-refractivity contribution is -0.136. The molecule has 136 valence electrons. The number of carbonyl (C=O) groups is 1. The van der Waals surface area contributed by atoms with Gasteiger partial charge in [-0.05, 0) is 0 Å². The van der Waals surface area contributed by atoms with E-state index in [4.69, 9.17) is 14.9 Å². The smallest absolute Gasteiger partial charge is 0.330 e. The maximum atomic E-state index is 11.9. The Morgan fingerprint density at radius 2 is 2.00 bits per heavy atom. The third-order valence-electron chi connectivity index (χ3n) is 3.42. The monoisotopic (exact) mass is 367 g/mol. The molecular formula is C12H18ClN3O8. The number of aromatic nitrogens is 2. The third-order valence-corrected chi connectivity index (χ3v) is 3.42. The lowest BCUT2D eigenvalue weighted by Crippen LogP contribution is -2.39. The summed E-state index contributed by atoms with van der Waals surface area (Å²) in [6, 6.07) is 0. The Labute approximate surface area is 140 Å². The predicted octanol–water partition coefficient (Wildman–Crippen LogP) is -3.26. The summed E-state index contributed by atoms with van der Waals surface area (Å²) in [7, 11) is 0. The average molecular weight is 368 g/mol. The first-order valence-electron chi connectivity index (χ1n) is 6.74. The molecule has 1 aromatic rings. The molecule has 1 fully saturated rings. The van der Waals surface area contributed by atoms with Gasteiger partial charge in [0, 0.05) is 18.3 Å². The molecule has 1 aromatic heterocycles. The fourth-order valence-corrected chi connectivity index (χ4v) is 2.26. The topological polar surface area (TPSA) is 174 Å². The minimum atomic E-state index is -1.48. The standard InChI is InChI=1S/C12H17N3O8.ClH/c16-4-6-8(19)9(20)11(23-6)15-3-5(1-13-2-7(17)18)10(21)14-12(15)22;/h3,6,8-9,11,13,16,19-20H,1-2,4H2,(H,17,18)(H,14,21,22);1H/t6-,8-,9-,11-;/m1./s1. The molecule has 2 rings (SSSR count). The highest BCUT2D eigenvalue weighted by molar-refractivity contribution is 5.85. The van der Waals surface area contributed by atoms with Crippen molar-refractivity contribution in [3.8, 4) is 0 Å². The van der Waals surface area contributed by atoms with E-state index in [-0.39, 0.29) is 31.1 Å². The fraction of sp³-hybridized carbons (Fsp3) is 0.583. The van der Waals surface area contributed by atoms with Crippen molar-refractivity contribution in [3.63, 3.8) is 0 Å². The Kier molecular flexibility index (Phi) is 7.08. The summed E-state index contributed by atoms with van der Waals surface area (Å²) in [4.78, 5) is 36.0. The van der Waals surface area contributed by atoms with Gasteiger partial charge in [-0.15, -0.1) is 12.4 Å². The van der Waals surface area contributed by atoms with Crippen LogP contribution in [0.25, 0.3) is 0 Å². The van der Waals surface area contributed by atoms with Gasteiger partial charge in [0.05, 0.1) is 13.2 Å². The lowest BCUT2D eigenvalue weighted by atomic mass is 10.1. The Hall–Kier alpha value is -1.76. The van der Waals surface area contributed by atoms with Crippen LogP contribution in [-0.4, -0.2) is 67.4 Å². The molecule has 0 amide bonds. The van der Waals surface area contributed by atoms with Crippen molar-refractivity contribution in [3.05, 3.63) is 32.6 Å². The van der Waals surface area contributed by atoms with E-state index in [1.165, 1.54) is 0 Å². The number of H-pyrrole nitrogens is 1. The number of aliphatic hydroxyl groups is 3. The zero-order valence-corrected chi connectivity index (χ0v) is 13.1. The average Bonchev–Trinajstić information content (AvgIpc) is 2.77. The maximum absolute atomic E-state index is 11.9. The molecule has 6 N–H and O–H groups in total. The second kappa shape index (κ2) is 8.37. The lowest BCUT2D eigenvalue weighted by Gasteiger charge is -2.18. The van der Waals surface area contributed by atoms with E-state index in [2.05, 4.69) is 5.32 Å². The Morgan fingerprint density at radius 1 is 1.33 bits per heavy atom. The number of hydrogen-bond acceptors (Lipinski definition) is 8. The van der Waals surface area contributed by atoms with Gasteiger partial charge in [-0.3, -0.25) is 19.1 Å². The Balaban J connectivity index is 0.00000288. The Morgan fingerprint density at radius 3 is 2.54 bits per heavy atom. The number of carboxylic acids is 1. The number of nitrogens with one attached hydrogen (secondary N) is 2. The highest BCUT2D eigenvalue weighted by Gasteiger charge is 2.43. The highest BCUT2D eigenvalue weighted by atomic mass is 35.5. The molecule has 24 heavy (non-hydrogen) atoms. The van der Waals surface area contributed by atoms with Crippen LogP contribution in [0.1, 0.15) is 11.8 Å². The molecule has 0 aromatic carbocycles. The summed E-state index contributed by atoms with van der Waals surface area (Å²) in [5.74, 6) is -1.11. The second-order valence-corrected chi connectivity index (χ2v) is 5.05. The van der Waals surface area contributed by atoms with Gasteiger partial charge < -0.3 is 30.5 Å². The summed E-state index contributed by atoms with van der Waals surface area (Å²) >= 11 is 0. The van der Waals surface area contributed by atoms with Crippen molar-refractivity contribution in [2.75, 3.05) is 13.2 Å². The summed E-state index contributed by atoms with van der Waals surface area (Å²) in [6.45, 7) is -1.07. The minimum Gasteiger partial charge on any atom is -0.480 e. The molecule has 11 nitrogen and oxygen atoms in total. The summed E-state index contributed by atoms with van der Waals surface area (Å²) in [5, 5.41) is 39.7. The van der Waals surface area contributed by atoms with Gasteiger partial charge in [0.2, 0.25) is 0 Å². The molecule has 0 saturated carbocycles. The zero-order valence-electron chi connectivity index (χ0n) is 12.3. The van der Waals surface area contributed by atoms with Gasteiger partial charge in [0.25, 0.3) is 5.56 Å². The molecule has 4 atom stereocenters. The van der Waals surface area contributed by atoms with Gasteiger partial charge in [0.1, 0.15) is 18.3 Å². The molecular weight excluding hydrogens is 350 g/mol. The van der Waals surface area contributed by atoms with Crippen LogP contribution in [0.2, 0.25) is 0 Å². The number of hydrogen-bond donors (Lipinski definition) is 6. The van der Waals surface area contributed by atoms with Gasteiger partial charge in [-0.2, -0.15) is 0 Å². The zero-order chi connectivity index (χ0) is 17.1. The molecule has 0 spiro atoms. The van der Waals surface area contributed by atoms with Gasteiger partial charge in [-0.25, -0.2) is 4.79 Å². The number of ether oxygens (including phenoxy) is 1. The van der Waals surface area contributed by atoms with Crippen molar-refractivity contribution < 1.29 is 30.0 Å². The molecule has 0 unspecified atom stereocenters. The van der Waals surface area contributed by atoms with Crippen molar-refractivity contribution in [1.29, 1.82) is 0 Å². The first kappa shape index (κ1) is 20.3. The van der Waals surface area contributed by atoms with Crippen LogP contribution in [0.4, 0.5) is 0 Å². The first-order chi connectivity index (χ1) is 10.8. The number of halogens is 1. The van der Waals surface area contributed by atoms with E-state index < -0.39 is 48.4 Å². The molecule has 12 heteroatoms. The van der Waals surface area contributed by atoms with Crippen LogP contribution in [0.15, 0.2) is 15.8 Å². The first-order valence-corrected chi connectivity index (χ1v) is 6.74. The molecule has 0 radical (unpaired) electrons. The maximum Gasteiger partial charge on any atom is 0.330 e. The van der Waals surface area contributed by atoms with Crippen LogP contribution in [-0.2, 0) is 16.1 Å². The SMILES string of the molecule is Cl.O=C(O)CNCc1cn([C@@H]2O[C@H](CO)[C@@H](O)[C@H]2O)c(=O)[nH]c1=O. The summed E-state index contributed by atoms with van der Waals surface area (Å²) < 4.78 is 6.09. The molecule has 2 heterocycles. The number of aromatic amines is 1. The van der Waals surface area contributed by atoms with Crippen LogP contribution in [0.5, 0.6) is 0 Å². The quantitative estimate of drug-likeness (QED) is 0.301. The van der Waals surface area contributed by atoms with Crippen molar-refractivity contribution in [1.82, 2.24) is 14.9 Å².